The Kier molecular flexibility index (Phi) is 11.7. The third-order valence-electron chi connectivity index (χ3n) is 7.33. The highest BCUT2D eigenvalue weighted by molar-refractivity contribution is 7.97. The highest BCUT2D eigenvalue weighted by Gasteiger charge is 2.37. The molecule has 2 heterocycles. The van der Waals surface area contributed by atoms with E-state index in [0.29, 0.717) is 42.0 Å². The fourth-order valence-corrected chi connectivity index (χ4v) is 7.85. The topological polar surface area (TPSA) is 177 Å². The van der Waals surface area contributed by atoms with Crippen LogP contribution in [0.4, 0.5) is 5.69 Å². The van der Waals surface area contributed by atoms with Gasteiger partial charge in [0.05, 0.1) is 16.8 Å². The summed E-state index contributed by atoms with van der Waals surface area (Å²) in [4.78, 5) is 37.2. The number of sulfonamides is 1. The molecule has 0 aliphatic carbocycles. The molecule has 240 valence electrons. The van der Waals surface area contributed by atoms with Crippen LogP contribution in [-0.2, 0) is 37.4 Å². The average molecular weight is 709 g/mol. The minimum atomic E-state index is -3.97. The first-order chi connectivity index (χ1) is 20.8. The number of hydrogen-bond donors (Lipinski definition) is 6. The largest absolute Gasteiger partial charge is 0.480 e. The molecule has 1 saturated heterocycles. The first-order valence-electron chi connectivity index (χ1n) is 13.7. The Labute approximate surface area is 274 Å². The second kappa shape index (κ2) is 14.9. The van der Waals surface area contributed by atoms with E-state index in [4.69, 9.17) is 34.8 Å². The van der Waals surface area contributed by atoms with Crippen molar-refractivity contribution in [3.63, 3.8) is 0 Å². The van der Waals surface area contributed by atoms with Gasteiger partial charge in [0.1, 0.15) is 28.0 Å². The number of aryl methyl sites for hydroxylation is 1. The number of anilines is 1. The van der Waals surface area contributed by atoms with Gasteiger partial charge in [0.2, 0.25) is 15.9 Å². The fourth-order valence-electron chi connectivity index (χ4n) is 4.95. The average Bonchev–Trinajstić information content (AvgIpc) is 3.48. The predicted octanol–water partition coefficient (Wildman–Crippen LogP) is 3.41. The normalized spacial score (nSPS) is 19.7. The van der Waals surface area contributed by atoms with Crippen LogP contribution in [-0.4, -0.2) is 77.0 Å². The molecule has 0 bridgehead atoms. The van der Waals surface area contributed by atoms with Crippen LogP contribution in [0.25, 0.3) is 0 Å². The molecule has 2 aliphatic rings. The number of aliphatic carboxylic acids is 2. The first-order valence-corrected chi connectivity index (χ1v) is 17.2. The van der Waals surface area contributed by atoms with Gasteiger partial charge in [0, 0.05) is 18.0 Å². The zero-order chi connectivity index (χ0) is 32.2. The summed E-state index contributed by atoms with van der Waals surface area (Å²) in [5, 5.41) is 25.0. The number of alkyl halides is 2. The Balaban J connectivity index is 1.31. The van der Waals surface area contributed by atoms with Gasteiger partial charge in [-0.2, -0.15) is 0 Å². The van der Waals surface area contributed by atoms with Gasteiger partial charge in [-0.1, -0.05) is 35.9 Å². The summed E-state index contributed by atoms with van der Waals surface area (Å²) in [7, 11) is -3.97. The summed E-state index contributed by atoms with van der Waals surface area (Å²) < 4.78 is 31.7. The van der Waals surface area contributed by atoms with Crippen molar-refractivity contribution >= 4 is 80.3 Å². The molecule has 0 aromatic heterocycles. The number of amides is 1. The molecule has 4 rings (SSSR count). The number of carboxylic acids is 2. The standard InChI is InChI=1S/C27H32Cl3N5O7S2/c1-14(25(36)35-10-2-3-20(35)27(39)40)32-18(26(37)38)9-8-15-4-6-16(7-5-15)13-31-44(41,42)22-12-21-19(11-17(22)28)33-24(23(29)30)34-43-21/h4-7,11-12,14,18,20,23-24,31-34H,2-3,8-10,13H2,1H3,(H,37,38)(H,39,40)/t14?,18-,20-,24-/m0/s1. The number of hydrogen-bond acceptors (Lipinski definition) is 9. The SMILES string of the molecule is CC(N[C@@H](CCc1ccc(CNS(=O)(=O)c2cc3c(cc2Cl)N[C@H](C(Cl)Cl)NS3)cc1)C(=O)O)C(=O)N1CCC[C@H]1C(=O)O. The number of carboxylic acid groups (broad SMARTS) is 2. The maximum Gasteiger partial charge on any atom is 0.326 e. The molecule has 1 fully saturated rings. The molecule has 0 radical (unpaired) electrons. The minimum absolute atomic E-state index is 0.00527. The molecular weight excluding hydrogens is 677 g/mol. The van der Waals surface area contributed by atoms with E-state index in [9.17, 15) is 33.0 Å². The number of carbonyl (C=O) groups is 3. The first kappa shape index (κ1) is 34.6. The van der Waals surface area contributed by atoms with E-state index in [1.54, 1.807) is 24.3 Å². The number of nitrogens with one attached hydrogen (secondary N) is 4. The van der Waals surface area contributed by atoms with Gasteiger partial charge >= 0.3 is 11.9 Å². The molecule has 2 aromatic carbocycles. The van der Waals surface area contributed by atoms with E-state index in [-0.39, 0.29) is 22.9 Å². The second-order valence-corrected chi connectivity index (χ2v) is 14.6. The molecule has 0 saturated carbocycles. The van der Waals surface area contributed by atoms with E-state index in [0.717, 1.165) is 5.56 Å². The van der Waals surface area contributed by atoms with Gasteiger partial charge in [-0.25, -0.2) is 22.7 Å². The second-order valence-electron chi connectivity index (χ2n) is 10.4. The zero-order valence-electron chi connectivity index (χ0n) is 23.4. The van der Waals surface area contributed by atoms with Gasteiger partial charge in [0.25, 0.3) is 0 Å². The van der Waals surface area contributed by atoms with Gasteiger partial charge in [-0.05, 0) is 67.8 Å². The number of carbonyl (C=O) groups excluding carboxylic acids is 1. The van der Waals surface area contributed by atoms with Gasteiger partial charge in [-0.15, -0.1) is 23.2 Å². The molecule has 1 unspecified atom stereocenters. The quantitative estimate of drug-likeness (QED) is 0.133. The summed E-state index contributed by atoms with van der Waals surface area (Å²) >= 11 is 19.3. The Morgan fingerprint density at radius 1 is 1.14 bits per heavy atom. The minimum Gasteiger partial charge on any atom is -0.480 e. The molecule has 44 heavy (non-hydrogen) atoms. The number of rotatable bonds is 13. The third kappa shape index (κ3) is 8.49. The molecule has 6 N–H and O–H groups in total. The Morgan fingerprint density at radius 3 is 2.45 bits per heavy atom. The maximum atomic E-state index is 13.1. The monoisotopic (exact) mass is 707 g/mol. The Bertz CT molecular complexity index is 1500. The van der Waals surface area contributed by atoms with Crippen LogP contribution in [0, 0.1) is 0 Å². The van der Waals surface area contributed by atoms with E-state index in [2.05, 4.69) is 20.1 Å². The molecule has 1 amide bonds. The number of likely N-dealkylation sites (tertiary alicyclic amines) is 1. The molecule has 2 aromatic rings. The summed E-state index contributed by atoms with van der Waals surface area (Å²) in [5.41, 5.74) is 2.09. The van der Waals surface area contributed by atoms with Crippen LogP contribution < -0.4 is 20.1 Å². The Morgan fingerprint density at radius 2 is 1.82 bits per heavy atom. The molecule has 12 nitrogen and oxygen atoms in total. The lowest BCUT2D eigenvalue weighted by molar-refractivity contribution is -0.149. The summed E-state index contributed by atoms with van der Waals surface area (Å²) in [6.45, 7) is 1.84. The van der Waals surface area contributed by atoms with Crippen molar-refractivity contribution in [1.82, 2.24) is 19.7 Å². The van der Waals surface area contributed by atoms with Crippen molar-refractivity contribution in [3.8, 4) is 0 Å². The van der Waals surface area contributed by atoms with Crippen LogP contribution in [0.2, 0.25) is 5.02 Å². The van der Waals surface area contributed by atoms with Crippen LogP contribution in [0.5, 0.6) is 0 Å². The van der Waals surface area contributed by atoms with Crippen molar-refractivity contribution in [2.75, 3.05) is 11.9 Å². The molecule has 4 atom stereocenters. The molecule has 0 spiro atoms. The van der Waals surface area contributed by atoms with Crippen molar-refractivity contribution in [2.24, 2.45) is 0 Å². The lowest BCUT2D eigenvalue weighted by Gasteiger charge is -2.28. The van der Waals surface area contributed by atoms with Gasteiger partial charge in [-0.3, -0.25) is 14.9 Å². The maximum absolute atomic E-state index is 13.1. The van der Waals surface area contributed by atoms with Crippen molar-refractivity contribution in [3.05, 3.63) is 52.5 Å². The van der Waals surface area contributed by atoms with Crippen molar-refractivity contribution in [2.45, 2.75) is 78.1 Å². The lowest BCUT2D eigenvalue weighted by Crippen LogP contribution is -2.53. The van der Waals surface area contributed by atoms with E-state index < -0.39 is 57.0 Å². The van der Waals surface area contributed by atoms with Crippen LogP contribution in [0.15, 0.2) is 46.2 Å². The third-order valence-corrected chi connectivity index (χ3v) is 10.6. The number of halogens is 3. The van der Waals surface area contributed by atoms with E-state index in [1.165, 1.54) is 35.9 Å². The lowest BCUT2D eigenvalue weighted by atomic mass is 10.0. The summed E-state index contributed by atoms with van der Waals surface area (Å²) in [6.07, 6.45) is 1.06. The van der Waals surface area contributed by atoms with Gasteiger partial charge < -0.3 is 20.4 Å². The van der Waals surface area contributed by atoms with Crippen molar-refractivity contribution in [1.29, 1.82) is 0 Å². The number of nitrogens with zero attached hydrogens (tertiary/aromatic N) is 1. The fraction of sp³-hybridized carbons (Fsp3) is 0.444. The Hall–Kier alpha value is -2.30. The van der Waals surface area contributed by atoms with E-state index >= 15 is 0 Å². The van der Waals surface area contributed by atoms with Gasteiger partial charge in [0.15, 0.2) is 0 Å². The molecular formula is C27H32Cl3N5O7S2. The predicted molar refractivity (Wildman–Crippen MR) is 169 cm³/mol. The van der Waals surface area contributed by atoms with Crippen LogP contribution in [0.1, 0.15) is 37.3 Å². The number of benzene rings is 2. The highest BCUT2D eigenvalue weighted by atomic mass is 35.5. The number of fused-ring (bicyclic) bond motifs is 1. The molecule has 2 aliphatic heterocycles. The van der Waals surface area contributed by atoms with Crippen LogP contribution in [0.3, 0.4) is 0 Å². The smallest absolute Gasteiger partial charge is 0.326 e. The highest BCUT2D eigenvalue weighted by Crippen LogP contribution is 2.37. The van der Waals surface area contributed by atoms with Crippen LogP contribution >= 0.6 is 46.8 Å². The summed E-state index contributed by atoms with van der Waals surface area (Å²) in [5.74, 6) is -2.64. The molecule has 17 heteroatoms. The van der Waals surface area contributed by atoms with Crippen molar-refractivity contribution < 1.29 is 33.0 Å². The summed E-state index contributed by atoms with van der Waals surface area (Å²) in [6, 6.07) is 7.18. The van der Waals surface area contributed by atoms with E-state index in [1.807, 2.05) is 0 Å². The zero-order valence-corrected chi connectivity index (χ0v) is 27.3.